The van der Waals surface area contributed by atoms with Crippen LogP contribution in [0.15, 0.2) is 47.1 Å². The number of carbonyl (C=O) groups is 1. The van der Waals surface area contributed by atoms with E-state index < -0.39 is 17.6 Å². The Morgan fingerprint density at radius 2 is 1.96 bits per heavy atom. The summed E-state index contributed by atoms with van der Waals surface area (Å²) in [6.45, 7) is 0. The van der Waals surface area contributed by atoms with Crippen molar-refractivity contribution in [3.05, 3.63) is 58.2 Å². The van der Waals surface area contributed by atoms with Gasteiger partial charge in [0.2, 0.25) is 5.91 Å². The molecule has 2 heterocycles. The molecule has 0 saturated heterocycles. The number of amides is 1. The van der Waals surface area contributed by atoms with Crippen LogP contribution in [0.5, 0.6) is 0 Å². The zero-order chi connectivity index (χ0) is 18.6. The molecule has 4 rings (SSSR count). The standard InChI is InChI=1S/C17H9BrF3N3OS/c18-9-2-4-13-14(6-9)26-16-23-12(7-24(13)16)10-3-1-8(15(22)25)5-11(10)17(19,20)21/h1-7H,(H2,22,25). The van der Waals surface area contributed by atoms with Crippen LogP contribution in [0.1, 0.15) is 15.9 Å². The van der Waals surface area contributed by atoms with Crippen LogP contribution in [0.2, 0.25) is 0 Å². The molecule has 2 aromatic carbocycles. The van der Waals surface area contributed by atoms with Gasteiger partial charge in [-0.25, -0.2) is 4.98 Å². The van der Waals surface area contributed by atoms with Crippen molar-refractivity contribution in [1.82, 2.24) is 9.38 Å². The van der Waals surface area contributed by atoms with Crippen LogP contribution >= 0.6 is 27.3 Å². The van der Waals surface area contributed by atoms with Gasteiger partial charge in [-0.3, -0.25) is 9.20 Å². The van der Waals surface area contributed by atoms with Crippen LogP contribution in [0, 0.1) is 0 Å². The smallest absolute Gasteiger partial charge is 0.366 e. The monoisotopic (exact) mass is 439 g/mol. The van der Waals surface area contributed by atoms with Crippen molar-refractivity contribution >= 4 is 48.4 Å². The number of hydrogen-bond donors (Lipinski definition) is 1. The number of primary amides is 1. The molecule has 0 aliphatic heterocycles. The molecule has 26 heavy (non-hydrogen) atoms. The zero-order valence-corrected chi connectivity index (χ0v) is 15.2. The maximum Gasteiger partial charge on any atom is 0.417 e. The normalized spacial score (nSPS) is 12.2. The van der Waals surface area contributed by atoms with Gasteiger partial charge in [-0.15, -0.1) is 0 Å². The van der Waals surface area contributed by atoms with E-state index in [-0.39, 0.29) is 16.8 Å². The van der Waals surface area contributed by atoms with Crippen molar-refractivity contribution < 1.29 is 18.0 Å². The number of imidazole rings is 1. The topological polar surface area (TPSA) is 60.4 Å². The van der Waals surface area contributed by atoms with Crippen molar-refractivity contribution in [3.8, 4) is 11.3 Å². The van der Waals surface area contributed by atoms with Crippen molar-refractivity contribution in [2.45, 2.75) is 6.18 Å². The first-order valence-corrected chi connectivity index (χ1v) is 8.93. The summed E-state index contributed by atoms with van der Waals surface area (Å²) in [5.74, 6) is -0.913. The summed E-state index contributed by atoms with van der Waals surface area (Å²) in [6, 6.07) is 8.92. The Morgan fingerprint density at radius 3 is 2.65 bits per heavy atom. The number of carbonyl (C=O) groups excluding carboxylic acids is 1. The third kappa shape index (κ3) is 2.77. The number of rotatable bonds is 2. The molecule has 2 N–H and O–H groups in total. The van der Waals surface area contributed by atoms with E-state index in [1.807, 2.05) is 18.2 Å². The minimum Gasteiger partial charge on any atom is -0.366 e. The highest BCUT2D eigenvalue weighted by Gasteiger charge is 2.35. The lowest BCUT2D eigenvalue weighted by atomic mass is 10.0. The Balaban J connectivity index is 1.93. The van der Waals surface area contributed by atoms with Gasteiger partial charge in [0, 0.05) is 21.8 Å². The molecule has 0 aliphatic carbocycles. The second kappa shape index (κ2) is 5.82. The van der Waals surface area contributed by atoms with Crippen molar-refractivity contribution in [3.63, 3.8) is 0 Å². The van der Waals surface area contributed by atoms with E-state index in [0.717, 1.165) is 20.8 Å². The summed E-state index contributed by atoms with van der Waals surface area (Å²) >= 11 is 4.77. The minimum atomic E-state index is -4.63. The highest BCUT2D eigenvalue weighted by atomic mass is 79.9. The highest BCUT2D eigenvalue weighted by molar-refractivity contribution is 9.10. The van der Waals surface area contributed by atoms with Gasteiger partial charge in [-0.05, 0) is 30.3 Å². The number of nitrogens with two attached hydrogens (primary N) is 1. The SMILES string of the molecule is NC(=O)c1ccc(-c2cn3c(n2)sc2cc(Br)ccc23)c(C(F)(F)F)c1. The zero-order valence-electron chi connectivity index (χ0n) is 12.8. The van der Waals surface area contributed by atoms with E-state index in [1.54, 1.807) is 10.6 Å². The van der Waals surface area contributed by atoms with Gasteiger partial charge < -0.3 is 5.73 Å². The molecule has 1 amide bonds. The summed E-state index contributed by atoms with van der Waals surface area (Å²) in [5.41, 5.74) is 4.92. The van der Waals surface area contributed by atoms with Gasteiger partial charge in [0.25, 0.3) is 0 Å². The quantitative estimate of drug-likeness (QED) is 0.472. The predicted octanol–water partition coefficient (Wildman–Crippen LogP) is 5.10. The van der Waals surface area contributed by atoms with Crippen molar-refractivity contribution in [2.24, 2.45) is 5.73 Å². The van der Waals surface area contributed by atoms with Gasteiger partial charge in [-0.1, -0.05) is 33.3 Å². The number of benzene rings is 2. The van der Waals surface area contributed by atoms with Gasteiger partial charge in [0.1, 0.15) is 0 Å². The molecule has 4 nitrogen and oxygen atoms in total. The lowest BCUT2D eigenvalue weighted by molar-refractivity contribution is -0.137. The fourth-order valence-electron chi connectivity index (χ4n) is 2.76. The Kier molecular flexibility index (Phi) is 3.81. The number of halogens is 4. The van der Waals surface area contributed by atoms with Crippen LogP contribution in [0.4, 0.5) is 13.2 Å². The van der Waals surface area contributed by atoms with E-state index in [0.29, 0.717) is 4.96 Å². The van der Waals surface area contributed by atoms with Crippen molar-refractivity contribution in [2.75, 3.05) is 0 Å². The molecule has 0 spiro atoms. The van der Waals surface area contributed by atoms with E-state index in [2.05, 4.69) is 20.9 Å². The number of hydrogen-bond acceptors (Lipinski definition) is 3. The van der Waals surface area contributed by atoms with Gasteiger partial charge in [0.05, 0.1) is 21.5 Å². The molecule has 0 saturated carbocycles. The van der Waals surface area contributed by atoms with Crippen LogP contribution < -0.4 is 5.73 Å². The van der Waals surface area contributed by atoms with E-state index >= 15 is 0 Å². The molecule has 0 radical (unpaired) electrons. The van der Waals surface area contributed by atoms with Gasteiger partial charge in [0.15, 0.2) is 4.96 Å². The molecule has 0 bridgehead atoms. The Hall–Kier alpha value is -2.39. The lowest BCUT2D eigenvalue weighted by Crippen LogP contribution is -2.14. The molecular formula is C17H9BrF3N3OS. The van der Waals surface area contributed by atoms with Crippen molar-refractivity contribution in [1.29, 1.82) is 0 Å². The van der Waals surface area contributed by atoms with E-state index in [4.69, 9.17) is 5.73 Å². The first-order chi connectivity index (χ1) is 12.2. The summed E-state index contributed by atoms with van der Waals surface area (Å²) in [4.78, 5) is 16.2. The number of alkyl halides is 3. The number of thiazole rings is 1. The highest BCUT2D eigenvalue weighted by Crippen LogP contribution is 2.38. The predicted molar refractivity (Wildman–Crippen MR) is 97.2 cm³/mol. The largest absolute Gasteiger partial charge is 0.417 e. The molecular weight excluding hydrogens is 431 g/mol. The minimum absolute atomic E-state index is 0.0938. The molecule has 0 atom stereocenters. The summed E-state index contributed by atoms with van der Waals surface area (Å²) < 4.78 is 44.0. The Bertz CT molecular complexity index is 1180. The van der Waals surface area contributed by atoms with Crippen LogP contribution in [0.3, 0.4) is 0 Å². The Morgan fingerprint density at radius 1 is 1.19 bits per heavy atom. The summed E-state index contributed by atoms with van der Waals surface area (Å²) in [7, 11) is 0. The molecule has 0 unspecified atom stereocenters. The van der Waals surface area contributed by atoms with Crippen LogP contribution in [-0.4, -0.2) is 15.3 Å². The van der Waals surface area contributed by atoms with E-state index in [9.17, 15) is 18.0 Å². The fraction of sp³-hybridized carbons (Fsp3) is 0.0588. The molecule has 2 aromatic heterocycles. The molecule has 0 fully saturated rings. The first-order valence-electron chi connectivity index (χ1n) is 7.32. The van der Waals surface area contributed by atoms with E-state index in [1.165, 1.54) is 23.5 Å². The van der Waals surface area contributed by atoms with Gasteiger partial charge >= 0.3 is 6.18 Å². The lowest BCUT2D eigenvalue weighted by Gasteiger charge is -2.12. The maximum absolute atomic E-state index is 13.5. The second-order valence-corrected chi connectivity index (χ2v) is 7.54. The first kappa shape index (κ1) is 17.0. The summed E-state index contributed by atoms with van der Waals surface area (Å²) in [5, 5.41) is 0. The number of nitrogens with zero attached hydrogens (tertiary/aromatic N) is 2. The summed E-state index contributed by atoms with van der Waals surface area (Å²) in [6.07, 6.45) is -3.07. The van der Waals surface area contributed by atoms with Crippen LogP contribution in [-0.2, 0) is 6.18 Å². The Labute approximate surface area is 157 Å². The van der Waals surface area contributed by atoms with Crippen LogP contribution in [0.25, 0.3) is 26.4 Å². The molecule has 9 heteroatoms. The average Bonchev–Trinajstić information content (AvgIpc) is 3.10. The third-order valence-corrected chi connectivity index (χ3v) is 5.45. The molecule has 0 aliphatic rings. The fourth-order valence-corrected chi connectivity index (χ4v) is 4.32. The van der Waals surface area contributed by atoms with Gasteiger partial charge in [-0.2, -0.15) is 13.2 Å². The number of fused-ring (bicyclic) bond motifs is 3. The second-order valence-electron chi connectivity index (χ2n) is 5.62. The average molecular weight is 440 g/mol. The molecule has 132 valence electrons. The third-order valence-electron chi connectivity index (χ3n) is 3.94. The maximum atomic E-state index is 13.5. The molecule has 4 aromatic rings. The number of aromatic nitrogens is 2.